The van der Waals surface area contributed by atoms with Crippen molar-refractivity contribution in [3.63, 3.8) is 0 Å². The van der Waals surface area contributed by atoms with E-state index in [1.54, 1.807) is 6.21 Å². The van der Waals surface area contributed by atoms with Gasteiger partial charge >= 0.3 is 0 Å². The summed E-state index contributed by atoms with van der Waals surface area (Å²) in [6, 6.07) is 27.7. The normalized spacial score (nSPS) is 11.4. The highest BCUT2D eigenvalue weighted by Gasteiger charge is 2.24. The van der Waals surface area contributed by atoms with Gasteiger partial charge in [0, 0.05) is 10.6 Å². The summed E-state index contributed by atoms with van der Waals surface area (Å²) < 4.78 is 6.42. The Balaban J connectivity index is 2.03. The number of oxime groups is 1. The second-order valence-corrected chi connectivity index (χ2v) is 9.16. The van der Waals surface area contributed by atoms with Gasteiger partial charge in [0.15, 0.2) is 6.26 Å². The largest absolute Gasteiger partial charge is 0.458 e. The van der Waals surface area contributed by atoms with Crippen LogP contribution in [0.3, 0.4) is 0 Å². The maximum atomic E-state index is 6.42. The third-order valence-corrected chi connectivity index (χ3v) is 7.50. The Kier molecular flexibility index (Phi) is 5.64. The number of benzene rings is 3. The van der Waals surface area contributed by atoms with Crippen LogP contribution in [0.2, 0.25) is 0 Å². The van der Waals surface area contributed by atoms with Gasteiger partial charge in [-0.1, -0.05) is 78.0 Å². The van der Waals surface area contributed by atoms with E-state index in [1.807, 2.05) is 84.9 Å². The summed E-state index contributed by atoms with van der Waals surface area (Å²) in [5.41, 5.74) is 0.891. The van der Waals surface area contributed by atoms with E-state index in [9.17, 15) is 0 Å². The summed E-state index contributed by atoms with van der Waals surface area (Å²) in [5, 5.41) is 5.84. The van der Waals surface area contributed by atoms with Gasteiger partial charge in [-0.15, -0.1) is 0 Å². The van der Waals surface area contributed by atoms with Crippen molar-refractivity contribution in [1.29, 1.82) is 0 Å². The van der Waals surface area contributed by atoms with Crippen molar-refractivity contribution >= 4 is 34.9 Å². The second-order valence-electron chi connectivity index (χ2n) is 5.30. The van der Waals surface area contributed by atoms with Gasteiger partial charge in [0.05, 0.1) is 6.21 Å². The van der Waals surface area contributed by atoms with E-state index < -0.39 is 6.26 Å². The van der Waals surface area contributed by atoms with Crippen LogP contribution in [0.4, 0.5) is 0 Å². The molecule has 0 bridgehead atoms. The molecule has 0 atom stereocenters. The van der Waals surface area contributed by atoms with E-state index in [1.165, 1.54) is 7.11 Å². The smallest absolute Gasteiger partial charge is 0.171 e. The molecule has 0 aromatic heterocycles. The average Bonchev–Trinajstić information content (AvgIpc) is 2.68. The van der Waals surface area contributed by atoms with E-state index in [-0.39, 0.29) is 0 Å². The van der Waals surface area contributed by atoms with Crippen molar-refractivity contribution < 1.29 is 9.36 Å². The second kappa shape index (κ2) is 8.11. The van der Waals surface area contributed by atoms with E-state index in [0.717, 1.165) is 21.9 Å². The fourth-order valence-corrected chi connectivity index (χ4v) is 5.45. The Morgan fingerprint density at radius 2 is 1.44 bits per heavy atom. The third-order valence-electron chi connectivity index (χ3n) is 3.59. The van der Waals surface area contributed by atoms with Crippen molar-refractivity contribution in [1.82, 2.24) is 0 Å². The lowest BCUT2D eigenvalue weighted by Gasteiger charge is -2.24. The standard InChI is InChI=1S/C20H18NO2PS/c1-22-21-16-17-9-8-10-18(15-17)23-24(25,19-11-4-2-5-12-19)20-13-6-3-7-14-20/h2-16H,1H3/b21-16+. The fourth-order valence-electron chi connectivity index (χ4n) is 2.42. The zero-order valence-electron chi connectivity index (χ0n) is 13.8. The van der Waals surface area contributed by atoms with Gasteiger partial charge in [-0.25, -0.2) is 0 Å². The molecule has 0 saturated heterocycles. The summed E-state index contributed by atoms with van der Waals surface area (Å²) >= 11 is 6.08. The molecule has 3 rings (SSSR count). The van der Waals surface area contributed by atoms with Crippen LogP contribution in [-0.4, -0.2) is 13.3 Å². The molecule has 3 nitrogen and oxygen atoms in total. The zero-order valence-corrected chi connectivity index (χ0v) is 15.5. The predicted octanol–water partition coefficient (Wildman–Crippen LogP) is 4.09. The molecular weight excluding hydrogens is 349 g/mol. The summed E-state index contributed by atoms with van der Waals surface area (Å²) in [6.45, 7) is 0. The molecule has 0 spiro atoms. The van der Waals surface area contributed by atoms with Crippen LogP contribution in [0, 0.1) is 0 Å². The molecule has 126 valence electrons. The monoisotopic (exact) mass is 367 g/mol. The van der Waals surface area contributed by atoms with Crippen molar-refractivity contribution in [2.45, 2.75) is 0 Å². The Bertz CT molecular complexity index is 854. The first kappa shape index (κ1) is 17.4. The molecule has 3 aromatic carbocycles. The zero-order chi connectivity index (χ0) is 17.5. The van der Waals surface area contributed by atoms with E-state index in [4.69, 9.17) is 21.2 Å². The number of hydrogen-bond acceptors (Lipinski definition) is 4. The van der Waals surface area contributed by atoms with E-state index >= 15 is 0 Å². The predicted molar refractivity (Wildman–Crippen MR) is 108 cm³/mol. The number of rotatable bonds is 6. The summed E-state index contributed by atoms with van der Waals surface area (Å²) in [7, 11) is 1.52. The van der Waals surface area contributed by atoms with Crippen molar-refractivity contribution in [2.24, 2.45) is 5.16 Å². The maximum Gasteiger partial charge on any atom is 0.171 e. The molecule has 0 aliphatic heterocycles. The number of hydrogen-bond donors (Lipinski definition) is 0. The molecule has 0 radical (unpaired) electrons. The molecule has 0 amide bonds. The third kappa shape index (κ3) is 4.16. The minimum atomic E-state index is -2.43. The molecule has 0 fully saturated rings. The first-order chi connectivity index (χ1) is 12.2. The minimum absolute atomic E-state index is 0.719. The molecule has 0 saturated carbocycles. The molecule has 5 heteroatoms. The van der Waals surface area contributed by atoms with E-state index in [2.05, 4.69) is 5.16 Å². The van der Waals surface area contributed by atoms with Crippen LogP contribution in [0.25, 0.3) is 0 Å². The summed E-state index contributed by atoms with van der Waals surface area (Å²) in [6.07, 6.45) is -0.794. The van der Waals surface area contributed by atoms with Crippen LogP contribution >= 0.6 is 6.26 Å². The molecule has 0 aliphatic carbocycles. The van der Waals surface area contributed by atoms with Gasteiger partial charge in [-0.05, 0) is 29.5 Å². The lowest BCUT2D eigenvalue weighted by molar-refractivity contribution is 0.215. The van der Waals surface area contributed by atoms with Crippen LogP contribution in [0.5, 0.6) is 5.75 Å². The highest BCUT2D eigenvalue weighted by Crippen LogP contribution is 2.45. The van der Waals surface area contributed by atoms with Crippen molar-refractivity contribution in [3.8, 4) is 5.75 Å². The Morgan fingerprint density at radius 3 is 2.00 bits per heavy atom. The first-order valence-electron chi connectivity index (χ1n) is 7.80. The first-order valence-corrected chi connectivity index (χ1v) is 10.5. The van der Waals surface area contributed by atoms with Gasteiger partial charge < -0.3 is 9.36 Å². The van der Waals surface area contributed by atoms with Crippen molar-refractivity contribution in [3.05, 3.63) is 90.5 Å². The lowest BCUT2D eigenvalue weighted by atomic mass is 10.2. The van der Waals surface area contributed by atoms with Crippen LogP contribution in [-0.2, 0) is 16.6 Å². The quantitative estimate of drug-likeness (QED) is 0.374. The Hall–Kier alpha value is -2.42. The average molecular weight is 367 g/mol. The minimum Gasteiger partial charge on any atom is -0.458 e. The molecule has 3 aromatic rings. The molecule has 0 aliphatic rings. The molecule has 25 heavy (non-hydrogen) atoms. The van der Waals surface area contributed by atoms with E-state index in [0.29, 0.717) is 0 Å². The molecule has 0 unspecified atom stereocenters. The van der Waals surface area contributed by atoms with Crippen LogP contribution in [0.1, 0.15) is 5.56 Å². The fraction of sp³-hybridized carbons (Fsp3) is 0.0500. The molecular formula is C20H18NO2PS. The molecule has 0 heterocycles. The van der Waals surface area contributed by atoms with Gasteiger partial charge in [0.2, 0.25) is 0 Å². The lowest BCUT2D eigenvalue weighted by Crippen LogP contribution is -2.19. The number of nitrogens with zero attached hydrogens (tertiary/aromatic N) is 1. The van der Waals surface area contributed by atoms with Gasteiger partial charge in [0.1, 0.15) is 12.9 Å². The molecule has 0 N–H and O–H groups in total. The Morgan fingerprint density at radius 1 is 0.840 bits per heavy atom. The highest BCUT2D eigenvalue weighted by atomic mass is 32.4. The highest BCUT2D eigenvalue weighted by molar-refractivity contribution is 8.19. The SMILES string of the molecule is CO/N=C/c1cccc(OP(=S)(c2ccccc2)c2ccccc2)c1. The van der Waals surface area contributed by atoms with Gasteiger partial charge in [-0.3, -0.25) is 0 Å². The van der Waals surface area contributed by atoms with Gasteiger partial charge in [-0.2, -0.15) is 0 Å². The van der Waals surface area contributed by atoms with Crippen molar-refractivity contribution in [2.75, 3.05) is 7.11 Å². The summed E-state index contributed by atoms with van der Waals surface area (Å²) in [4.78, 5) is 4.74. The topological polar surface area (TPSA) is 30.8 Å². The van der Waals surface area contributed by atoms with Gasteiger partial charge in [0.25, 0.3) is 0 Å². The maximum absolute atomic E-state index is 6.42. The van der Waals surface area contributed by atoms with Crippen LogP contribution in [0.15, 0.2) is 90.1 Å². The van der Waals surface area contributed by atoms with Crippen LogP contribution < -0.4 is 15.1 Å². The summed E-state index contributed by atoms with van der Waals surface area (Å²) in [5.74, 6) is 0.719. The Labute approximate surface area is 153 Å².